The van der Waals surface area contributed by atoms with Crippen molar-refractivity contribution in [3.8, 4) is 0 Å². The van der Waals surface area contributed by atoms with Crippen molar-refractivity contribution >= 4 is 27.7 Å². The van der Waals surface area contributed by atoms with Crippen LogP contribution in [0.25, 0.3) is 0 Å². The minimum absolute atomic E-state index is 0.0396. The topological polar surface area (TPSA) is 105 Å². The molecule has 8 nitrogen and oxygen atoms in total. The van der Waals surface area contributed by atoms with Crippen molar-refractivity contribution in [1.82, 2.24) is 14.7 Å². The van der Waals surface area contributed by atoms with Gasteiger partial charge in [0, 0.05) is 48.2 Å². The van der Waals surface area contributed by atoms with E-state index in [1.165, 1.54) is 0 Å². The van der Waals surface area contributed by atoms with Crippen LogP contribution in [0.3, 0.4) is 0 Å². The van der Waals surface area contributed by atoms with Gasteiger partial charge >= 0.3 is 0 Å². The second-order valence-corrected chi connectivity index (χ2v) is 11.6. The van der Waals surface area contributed by atoms with Gasteiger partial charge in [-0.3, -0.25) is 24.3 Å². The Labute approximate surface area is 218 Å². The summed E-state index contributed by atoms with van der Waals surface area (Å²) in [5, 5.41) is 0.726. The molecule has 2 amide bonds. The van der Waals surface area contributed by atoms with Crippen LogP contribution >= 0.6 is 15.9 Å². The molecule has 0 saturated carbocycles. The first-order valence-corrected chi connectivity index (χ1v) is 13.2. The molecule has 2 atom stereocenters. The molecule has 4 N–H and O–H groups in total. The molecule has 196 valence electrons. The van der Waals surface area contributed by atoms with E-state index < -0.39 is 10.8 Å². The van der Waals surface area contributed by atoms with Gasteiger partial charge in [0.2, 0.25) is 11.8 Å². The van der Waals surface area contributed by atoms with E-state index in [-0.39, 0.29) is 24.1 Å². The molecule has 0 aromatic rings. The third kappa shape index (κ3) is 8.68. The molecular weight excluding hydrogens is 510 g/mol. The molecule has 2 unspecified atom stereocenters. The summed E-state index contributed by atoms with van der Waals surface area (Å²) in [6.07, 6.45) is 10.7. The van der Waals surface area contributed by atoms with Crippen LogP contribution < -0.4 is 11.5 Å². The van der Waals surface area contributed by atoms with Crippen LogP contribution in [0.15, 0.2) is 47.9 Å². The van der Waals surface area contributed by atoms with Gasteiger partial charge in [-0.1, -0.05) is 69.6 Å². The maximum atomic E-state index is 12.4. The zero-order valence-corrected chi connectivity index (χ0v) is 23.5. The largest absolute Gasteiger partial charge is 0.379 e. The van der Waals surface area contributed by atoms with E-state index in [0.29, 0.717) is 0 Å². The molecule has 3 heterocycles. The van der Waals surface area contributed by atoms with Crippen molar-refractivity contribution in [2.24, 2.45) is 22.3 Å². The van der Waals surface area contributed by atoms with Crippen molar-refractivity contribution in [2.45, 2.75) is 53.9 Å². The fourth-order valence-electron chi connectivity index (χ4n) is 3.60. The third-order valence-corrected chi connectivity index (χ3v) is 6.33. The van der Waals surface area contributed by atoms with E-state index in [1.54, 1.807) is 9.80 Å². The van der Waals surface area contributed by atoms with Crippen molar-refractivity contribution in [1.29, 1.82) is 0 Å². The highest BCUT2D eigenvalue weighted by molar-refractivity contribution is 9.09. The molecule has 0 aliphatic carbocycles. The first-order chi connectivity index (χ1) is 16.2. The van der Waals surface area contributed by atoms with E-state index in [2.05, 4.69) is 20.8 Å². The van der Waals surface area contributed by atoms with Gasteiger partial charge in [-0.2, -0.15) is 0 Å². The van der Waals surface area contributed by atoms with Crippen molar-refractivity contribution < 1.29 is 14.3 Å². The van der Waals surface area contributed by atoms with Crippen LogP contribution in [0.1, 0.15) is 41.5 Å². The number of nitrogens with zero attached hydrogens (tertiary/aromatic N) is 3. The highest BCUT2D eigenvalue weighted by Crippen LogP contribution is 2.23. The molecule has 0 spiro atoms. The number of rotatable bonds is 3. The lowest BCUT2D eigenvalue weighted by atomic mass is 9.94. The smallest absolute Gasteiger partial charge is 0.233 e. The van der Waals surface area contributed by atoms with Crippen LogP contribution in [-0.4, -0.2) is 77.0 Å². The lowest BCUT2D eigenvalue weighted by Gasteiger charge is -2.34. The van der Waals surface area contributed by atoms with Crippen molar-refractivity contribution in [2.75, 3.05) is 38.2 Å². The summed E-state index contributed by atoms with van der Waals surface area (Å²) < 4.78 is 5.35. The Morgan fingerprint density at radius 2 is 1.31 bits per heavy atom. The summed E-state index contributed by atoms with van der Waals surface area (Å²) in [6, 6.07) is 0. The Morgan fingerprint density at radius 1 is 0.886 bits per heavy atom. The number of morpholine rings is 1. The molecule has 0 aromatic heterocycles. The number of carbonyl (C=O) groups is 2. The number of nitrogens with two attached hydrogens (primary N) is 2. The molecule has 9 heteroatoms. The van der Waals surface area contributed by atoms with Gasteiger partial charge in [0.15, 0.2) is 0 Å². The van der Waals surface area contributed by atoms with Crippen LogP contribution in [0.4, 0.5) is 0 Å². The Bertz CT molecular complexity index is 876. The molecule has 3 rings (SSSR count). The lowest BCUT2D eigenvalue weighted by molar-refractivity contribution is -0.138. The quantitative estimate of drug-likeness (QED) is 0.522. The number of halogens is 1. The maximum Gasteiger partial charge on any atom is 0.233 e. The zero-order chi connectivity index (χ0) is 26.4. The molecule has 0 radical (unpaired) electrons. The van der Waals surface area contributed by atoms with Gasteiger partial charge in [-0.15, -0.1) is 0 Å². The summed E-state index contributed by atoms with van der Waals surface area (Å²) in [5.41, 5.74) is 13.2. The van der Waals surface area contributed by atoms with Crippen molar-refractivity contribution in [3.05, 3.63) is 47.9 Å². The number of alkyl halides is 1. The zero-order valence-electron chi connectivity index (χ0n) is 22.0. The fraction of sp³-hybridized carbons (Fsp3) is 0.615. The number of ether oxygens (including phenoxy) is 1. The van der Waals surface area contributed by atoms with E-state index >= 15 is 0 Å². The van der Waals surface area contributed by atoms with Gasteiger partial charge in [0.1, 0.15) is 12.3 Å². The molecule has 35 heavy (non-hydrogen) atoms. The van der Waals surface area contributed by atoms with E-state index in [4.69, 9.17) is 16.2 Å². The summed E-state index contributed by atoms with van der Waals surface area (Å²) in [7, 11) is 0. The van der Waals surface area contributed by atoms with Gasteiger partial charge < -0.3 is 16.2 Å². The molecule has 3 aliphatic heterocycles. The van der Waals surface area contributed by atoms with Crippen molar-refractivity contribution in [3.63, 3.8) is 0 Å². The lowest BCUT2D eigenvalue weighted by Crippen LogP contribution is -2.47. The van der Waals surface area contributed by atoms with Gasteiger partial charge in [-0.25, -0.2) is 0 Å². The predicted octanol–water partition coefficient (Wildman–Crippen LogP) is 2.93. The number of carbonyl (C=O) groups excluding carboxylic acids is 2. The average Bonchev–Trinajstić information content (AvgIpc) is 2.79. The SMILES string of the molecule is CC(C)(C)C(=O)N1C=C(CBr)C=CC1N.CC(C)(C)C(=O)N1C=C(CN2CCOCC2)C=CC1N. The highest BCUT2D eigenvalue weighted by Gasteiger charge is 2.31. The number of hydrogen-bond donors (Lipinski definition) is 2. The standard InChI is InChI=1S/C15H25N3O2.C11H17BrN2O/c1-15(2,3)14(19)18-11-12(4-5-13(18)16)10-17-6-8-20-9-7-17;1-11(2,3)10(15)14-7-8(6-12)4-5-9(14)13/h4-5,11,13H,6-10,16H2,1-3H3;4-5,7,9H,6,13H2,1-3H3. The molecule has 1 fully saturated rings. The fourth-order valence-corrected chi connectivity index (χ4v) is 3.93. The van der Waals surface area contributed by atoms with Crippen LogP contribution in [0, 0.1) is 10.8 Å². The van der Waals surface area contributed by atoms with Gasteiger partial charge in [-0.05, 0) is 23.3 Å². The number of hydrogen-bond acceptors (Lipinski definition) is 6. The first-order valence-electron chi connectivity index (χ1n) is 12.0. The number of allylic oxidation sites excluding steroid dienone is 2. The minimum atomic E-state index is -0.427. The van der Waals surface area contributed by atoms with Gasteiger partial charge in [0.25, 0.3) is 0 Å². The molecule has 1 saturated heterocycles. The summed E-state index contributed by atoms with van der Waals surface area (Å²) in [5.74, 6) is 0.0895. The van der Waals surface area contributed by atoms with E-state index in [9.17, 15) is 9.59 Å². The van der Waals surface area contributed by atoms with Crippen LogP contribution in [-0.2, 0) is 14.3 Å². The Morgan fingerprint density at radius 3 is 1.74 bits per heavy atom. The minimum Gasteiger partial charge on any atom is -0.379 e. The molecular formula is C26H42BrN5O3. The summed E-state index contributed by atoms with van der Waals surface area (Å²) in [4.78, 5) is 30.0. The van der Waals surface area contributed by atoms with Crippen LogP contribution in [0.2, 0.25) is 0 Å². The maximum absolute atomic E-state index is 12.4. The molecule has 0 bridgehead atoms. The number of amides is 2. The van der Waals surface area contributed by atoms with E-state index in [1.807, 2.05) is 78.2 Å². The third-order valence-electron chi connectivity index (χ3n) is 5.68. The monoisotopic (exact) mass is 551 g/mol. The molecule has 3 aliphatic rings. The first kappa shape index (κ1) is 29.5. The second kappa shape index (κ2) is 12.5. The highest BCUT2D eigenvalue weighted by atomic mass is 79.9. The normalized spacial score (nSPS) is 23.3. The van der Waals surface area contributed by atoms with Crippen LogP contribution in [0.5, 0.6) is 0 Å². The predicted molar refractivity (Wildman–Crippen MR) is 144 cm³/mol. The van der Waals surface area contributed by atoms with E-state index in [0.717, 1.165) is 49.3 Å². The Kier molecular flexibility index (Phi) is 10.5. The summed E-state index contributed by atoms with van der Waals surface area (Å²) in [6.45, 7) is 15.7. The second-order valence-electron chi connectivity index (χ2n) is 11.1. The molecule has 0 aromatic carbocycles. The average molecular weight is 553 g/mol. The Balaban J connectivity index is 0.000000258. The Hall–Kier alpha value is -1.78. The van der Waals surface area contributed by atoms with Gasteiger partial charge in [0.05, 0.1) is 13.2 Å². The summed E-state index contributed by atoms with van der Waals surface area (Å²) >= 11 is 3.36.